The largest absolute Gasteiger partial charge is 0.501 e. The number of fused-ring (bicyclic) bond motifs is 1. The highest BCUT2D eigenvalue weighted by Gasteiger charge is 2.49. The van der Waals surface area contributed by atoms with Crippen molar-refractivity contribution in [2.24, 2.45) is 5.92 Å². The van der Waals surface area contributed by atoms with Crippen molar-refractivity contribution in [2.45, 2.75) is 25.6 Å². The van der Waals surface area contributed by atoms with Crippen LogP contribution in [-0.2, 0) is 16.1 Å². The maximum absolute atomic E-state index is 12.9. The summed E-state index contributed by atoms with van der Waals surface area (Å²) in [5.41, 5.74) is 1.51. The van der Waals surface area contributed by atoms with Gasteiger partial charge in [0.05, 0.1) is 13.7 Å². The first-order chi connectivity index (χ1) is 13.4. The summed E-state index contributed by atoms with van der Waals surface area (Å²) in [6.45, 7) is 4.47. The van der Waals surface area contributed by atoms with Gasteiger partial charge in [0.1, 0.15) is 11.5 Å². The number of rotatable bonds is 7. The number of imide groups is 1. The Labute approximate surface area is 168 Å². The van der Waals surface area contributed by atoms with E-state index in [4.69, 9.17) is 4.74 Å². The summed E-state index contributed by atoms with van der Waals surface area (Å²) in [6.07, 6.45) is 1.74. The van der Waals surface area contributed by atoms with Gasteiger partial charge >= 0.3 is 11.9 Å². The Morgan fingerprint density at radius 2 is 2.00 bits per heavy atom. The third kappa shape index (κ3) is 4.27. The lowest BCUT2D eigenvalue weighted by Gasteiger charge is -2.25. The molecule has 2 heterocycles. The highest BCUT2D eigenvalue weighted by atomic mass is 32.2. The number of carbonyl (C=O) groups excluding carboxylic acids is 3. The zero-order valence-electron chi connectivity index (χ0n) is 16.2. The van der Waals surface area contributed by atoms with Crippen molar-refractivity contribution in [3.63, 3.8) is 0 Å². The van der Waals surface area contributed by atoms with E-state index in [-0.39, 0.29) is 24.3 Å². The van der Waals surface area contributed by atoms with Gasteiger partial charge < -0.3 is 10.1 Å². The highest BCUT2D eigenvalue weighted by Crippen LogP contribution is 2.28. The number of allylic oxidation sites excluding steroid dienone is 1. The van der Waals surface area contributed by atoms with Crippen molar-refractivity contribution in [1.29, 1.82) is 0 Å². The zero-order valence-corrected chi connectivity index (χ0v) is 17.0. The molecular weight excluding hydrogens is 378 g/mol. The number of carbonyl (C=O) groups is 3. The number of urea groups is 1. The number of nitrogens with one attached hydrogen (secondary N) is 1. The Hall–Kier alpha value is -2.61. The molecule has 8 heteroatoms. The molecule has 1 aromatic carbocycles. The number of amides is 4. The van der Waals surface area contributed by atoms with Crippen molar-refractivity contribution < 1.29 is 23.7 Å². The highest BCUT2D eigenvalue weighted by molar-refractivity contribution is 8.04. The van der Waals surface area contributed by atoms with E-state index in [2.05, 4.69) is 5.32 Å². The minimum absolute atomic E-state index is 0.117. The molecule has 0 aromatic heterocycles. The molecule has 1 N–H and O–H groups in total. The van der Waals surface area contributed by atoms with Crippen molar-refractivity contribution in [3.05, 3.63) is 41.3 Å². The third-order valence-corrected chi connectivity index (χ3v) is 5.49. The second kappa shape index (κ2) is 8.60. The number of methoxy groups -OCH3 is 1. The molecule has 0 aliphatic carbocycles. The molecule has 28 heavy (non-hydrogen) atoms. The Balaban J connectivity index is 1.70. The van der Waals surface area contributed by atoms with Gasteiger partial charge in [-0.05, 0) is 35.1 Å². The van der Waals surface area contributed by atoms with Gasteiger partial charge in [0.15, 0.2) is 11.8 Å². The van der Waals surface area contributed by atoms with E-state index in [9.17, 15) is 14.4 Å². The lowest BCUT2D eigenvalue weighted by molar-refractivity contribution is -0.426. The van der Waals surface area contributed by atoms with Gasteiger partial charge in [-0.2, -0.15) is 14.3 Å². The summed E-state index contributed by atoms with van der Waals surface area (Å²) in [5.74, 6) is 0.412. The number of benzene rings is 1. The molecule has 1 aromatic rings. The molecule has 1 unspecified atom stereocenters. The summed E-state index contributed by atoms with van der Waals surface area (Å²) in [4.78, 5) is 39.2. The molecule has 3 rings (SSSR count). The van der Waals surface area contributed by atoms with E-state index >= 15 is 0 Å². The van der Waals surface area contributed by atoms with Gasteiger partial charge in [0.25, 0.3) is 5.91 Å². The minimum atomic E-state index is -0.453. The van der Waals surface area contributed by atoms with Gasteiger partial charge in [-0.1, -0.05) is 26.0 Å². The minimum Gasteiger partial charge on any atom is -0.497 e. The maximum atomic E-state index is 12.9. The standard InChI is InChI=1S/C20H23N3O4S/c1-13(2)11-23-19(25)18-16(8-9-28-18)22(20(23)26)12-17(24)21-10-14-4-6-15(27-3)7-5-14/h4-9,13,18H,10-12H2,1-3H3/p+1. The normalized spacial score (nSPS) is 18.7. The molecule has 0 saturated carbocycles. The molecule has 1 atom stereocenters. The Bertz CT molecular complexity index is 846. The molecular formula is C20H24N3O4S+. The van der Waals surface area contributed by atoms with Crippen molar-refractivity contribution in [2.75, 3.05) is 20.2 Å². The van der Waals surface area contributed by atoms with Gasteiger partial charge in [-0.25, -0.2) is 4.79 Å². The first-order valence-corrected chi connectivity index (χ1v) is 10.1. The van der Waals surface area contributed by atoms with E-state index in [1.807, 2.05) is 38.1 Å². The fourth-order valence-electron chi connectivity index (χ4n) is 3.09. The molecule has 0 saturated heterocycles. The first-order valence-electron chi connectivity index (χ1n) is 9.12. The molecule has 2 aliphatic heterocycles. The van der Waals surface area contributed by atoms with Gasteiger partial charge in [0.2, 0.25) is 0 Å². The Morgan fingerprint density at radius 3 is 2.64 bits per heavy atom. The van der Waals surface area contributed by atoms with Crippen LogP contribution in [0.25, 0.3) is 0 Å². The van der Waals surface area contributed by atoms with Crippen LogP contribution in [0.15, 0.2) is 35.7 Å². The van der Waals surface area contributed by atoms with Crippen molar-refractivity contribution in [3.8, 4) is 5.75 Å². The predicted octanol–water partition coefficient (Wildman–Crippen LogP) is 2.01. The maximum Gasteiger partial charge on any atom is 0.501 e. The van der Waals surface area contributed by atoms with Gasteiger partial charge in [0, 0.05) is 6.54 Å². The van der Waals surface area contributed by atoms with Crippen LogP contribution in [0.3, 0.4) is 0 Å². The van der Waals surface area contributed by atoms with Crippen LogP contribution >= 0.6 is 11.8 Å². The van der Waals surface area contributed by atoms with E-state index in [0.29, 0.717) is 18.8 Å². The lowest BCUT2D eigenvalue weighted by Crippen LogP contribution is -2.57. The summed E-state index contributed by atoms with van der Waals surface area (Å²) in [5, 5.41) is 4.17. The second-order valence-corrected chi connectivity index (χ2v) is 8.10. The van der Waals surface area contributed by atoms with E-state index in [1.165, 1.54) is 21.2 Å². The van der Waals surface area contributed by atoms with Crippen LogP contribution in [0, 0.1) is 5.92 Å². The van der Waals surface area contributed by atoms with Crippen LogP contribution in [-0.4, -0.2) is 58.5 Å². The van der Waals surface area contributed by atoms with Crippen LogP contribution < -0.4 is 10.1 Å². The topological polar surface area (TPSA) is 78.7 Å². The summed E-state index contributed by atoms with van der Waals surface area (Å²) >= 11 is 1.37. The zero-order chi connectivity index (χ0) is 20.3. The van der Waals surface area contributed by atoms with Crippen LogP contribution in [0.2, 0.25) is 0 Å². The molecule has 0 spiro atoms. The fourth-order valence-corrected chi connectivity index (χ4v) is 4.05. The predicted molar refractivity (Wildman–Crippen MR) is 107 cm³/mol. The van der Waals surface area contributed by atoms with Crippen LogP contribution in [0.4, 0.5) is 4.79 Å². The average Bonchev–Trinajstić information content (AvgIpc) is 3.17. The van der Waals surface area contributed by atoms with E-state index in [0.717, 1.165) is 11.3 Å². The van der Waals surface area contributed by atoms with Gasteiger partial charge in [-0.15, -0.1) is 11.8 Å². The van der Waals surface area contributed by atoms with E-state index < -0.39 is 11.3 Å². The number of thioether (sulfide) groups is 1. The smallest absolute Gasteiger partial charge is 0.497 e. The Morgan fingerprint density at radius 1 is 1.29 bits per heavy atom. The fraction of sp³-hybridized carbons (Fsp3) is 0.400. The number of ether oxygens (including phenoxy) is 1. The molecule has 148 valence electrons. The first kappa shape index (κ1) is 20.1. The second-order valence-electron chi connectivity index (χ2n) is 7.08. The SMILES string of the molecule is COc1ccc(CNC(=O)C[N+]2=C3C=CSC3C(=O)N(CC(C)C)C2=O)cc1. The summed E-state index contributed by atoms with van der Waals surface area (Å²) in [6, 6.07) is 6.96. The number of nitrogens with zero attached hydrogens (tertiary/aromatic N) is 2. The molecule has 0 bridgehead atoms. The van der Waals surface area contributed by atoms with Crippen molar-refractivity contribution >= 4 is 35.3 Å². The van der Waals surface area contributed by atoms with Crippen LogP contribution in [0.5, 0.6) is 5.75 Å². The quantitative estimate of drug-likeness (QED) is 0.706. The van der Waals surface area contributed by atoms with Crippen LogP contribution in [0.1, 0.15) is 19.4 Å². The van der Waals surface area contributed by atoms with E-state index in [1.54, 1.807) is 18.6 Å². The third-order valence-electron chi connectivity index (χ3n) is 4.48. The van der Waals surface area contributed by atoms with Gasteiger partial charge in [-0.3, -0.25) is 4.79 Å². The molecule has 7 nitrogen and oxygen atoms in total. The summed E-state index contributed by atoms with van der Waals surface area (Å²) in [7, 11) is 1.60. The average molecular weight is 402 g/mol. The monoisotopic (exact) mass is 402 g/mol. The number of hydrogen-bond donors (Lipinski definition) is 1. The van der Waals surface area contributed by atoms with Crippen molar-refractivity contribution in [1.82, 2.24) is 10.2 Å². The lowest BCUT2D eigenvalue weighted by atomic mass is 10.1. The molecule has 2 aliphatic rings. The molecule has 4 amide bonds. The summed E-state index contributed by atoms with van der Waals surface area (Å²) < 4.78 is 6.53. The Kier molecular flexibility index (Phi) is 6.18. The molecule has 0 radical (unpaired) electrons. The molecule has 0 fully saturated rings. The number of hydrogen-bond acceptors (Lipinski definition) is 5.